The molecular formula is C14H18N2O2. The molecule has 1 rings (SSSR count). The van der Waals surface area contributed by atoms with Gasteiger partial charge in [0.1, 0.15) is 5.56 Å². The molecule has 1 amide bonds. The summed E-state index contributed by atoms with van der Waals surface area (Å²) >= 11 is 0. The molecule has 0 atom stereocenters. The summed E-state index contributed by atoms with van der Waals surface area (Å²) in [5, 5.41) is 9.59. The Bertz CT molecular complexity index is 491. The van der Waals surface area contributed by atoms with Crippen LogP contribution in [0.3, 0.4) is 0 Å². The van der Waals surface area contributed by atoms with Crippen molar-refractivity contribution in [1.29, 1.82) is 0 Å². The van der Waals surface area contributed by atoms with E-state index in [1.165, 1.54) is 0 Å². The van der Waals surface area contributed by atoms with Gasteiger partial charge in [-0.3, -0.25) is 4.79 Å². The fourth-order valence-electron chi connectivity index (χ4n) is 1.80. The second kappa shape index (κ2) is 6.59. The number of nitrogens with zero attached hydrogens (tertiary/aromatic N) is 1. The Morgan fingerprint density at radius 1 is 1.50 bits per heavy atom. The molecule has 96 valence electrons. The monoisotopic (exact) mass is 246 g/mol. The van der Waals surface area contributed by atoms with Crippen molar-refractivity contribution in [3.8, 4) is 5.88 Å². The van der Waals surface area contributed by atoms with Crippen LogP contribution >= 0.6 is 0 Å². The van der Waals surface area contributed by atoms with E-state index in [1.807, 2.05) is 38.2 Å². The second-order valence-electron chi connectivity index (χ2n) is 3.84. The Kier molecular flexibility index (Phi) is 5.11. The van der Waals surface area contributed by atoms with Gasteiger partial charge in [0.2, 0.25) is 5.88 Å². The second-order valence-corrected chi connectivity index (χ2v) is 3.84. The number of nitrogens with two attached hydrogens (primary N) is 1. The highest BCUT2D eigenvalue weighted by Gasteiger charge is 2.16. The predicted octanol–water partition coefficient (Wildman–Crippen LogP) is 2.12. The first-order valence-corrected chi connectivity index (χ1v) is 5.89. The molecule has 3 N–H and O–H groups in total. The van der Waals surface area contributed by atoms with E-state index in [4.69, 9.17) is 5.73 Å². The highest BCUT2D eigenvalue weighted by molar-refractivity contribution is 5.96. The van der Waals surface area contributed by atoms with E-state index < -0.39 is 5.91 Å². The number of primary amides is 1. The fraction of sp³-hybridized carbons (Fsp3) is 0.286. The molecule has 0 fully saturated rings. The van der Waals surface area contributed by atoms with Crippen molar-refractivity contribution in [1.82, 2.24) is 4.98 Å². The highest BCUT2D eigenvalue weighted by Crippen LogP contribution is 2.22. The lowest BCUT2D eigenvalue weighted by molar-refractivity contribution is 0.0996. The van der Waals surface area contributed by atoms with Gasteiger partial charge >= 0.3 is 0 Å². The molecule has 0 aliphatic rings. The standard InChI is InChI=1S/C14H18N2O2/c1-3-5-6-7-8-10-9-16-14(18)12(13(15)17)11(10)4-2/h3,5-7,9H,4,8H2,1-2H3,(H2,15,17)(H,16,18). The van der Waals surface area contributed by atoms with Crippen LogP contribution in [-0.4, -0.2) is 16.0 Å². The van der Waals surface area contributed by atoms with E-state index in [0.717, 1.165) is 11.1 Å². The maximum atomic E-state index is 11.3. The molecule has 4 nitrogen and oxygen atoms in total. The van der Waals surface area contributed by atoms with Gasteiger partial charge in [-0.25, -0.2) is 4.98 Å². The molecule has 4 heteroatoms. The summed E-state index contributed by atoms with van der Waals surface area (Å²) in [6, 6.07) is 0. The van der Waals surface area contributed by atoms with Gasteiger partial charge in [0.25, 0.3) is 5.91 Å². The Morgan fingerprint density at radius 2 is 2.22 bits per heavy atom. The van der Waals surface area contributed by atoms with Crippen LogP contribution in [0.5, 0.6) is 5.88 Å². The number of aromatic nitrogens is 1. The van der Waals surface area contributed by atoms with Gasteiger partial charge in [0.05, 0.1) is 0 Å². The molecule has 0 spiro atoms. The topological polar surface area (TPSA) is 76.2 Å². The first-order chi connectivity index (χ1) is 8.61. The molecule has 0 aliphatic carbocycles. The van der Waals surface area contributed by atoms with Crippen molar-refractivity contribution in [2.75, 3.05) is 0 Å². The van der Waals surface area contributed by atoms with Crippen LogP contribution in [0.1, 0.15) is 35.3 Å². The van der Waals surface area contributed by atoms with Gasteiger partial charge in [-0.2, -0.15) is 0 Å². The Hall–Kier alpha value is -2.10. The largest absolute Gasteiger partial charge is 0.493 e. The lowest BCUT2D eigenvalue weighted by atomic mass is 9.98. The van der Waals surface area contributed by atoms with Crippen molar-refractivity contribution >= 4 is 5.91 Å². The SMILES string of the molecule is CC=CC=CCc1cnc(O)c(C(N)=O)c1CC. The Labute approximate surface area is 107 Å². The van der Waals surface area contributed by atoms with Gasteiger partial charge in [-0.05, 0) is 30.9 Å². The van der Waals surface area contributed by atoms with E-state index in [2.05, 4.69) is 4.98 Å². The summed E-state index contributed by atoms with van der Waals surface area (Å²) in [6.45, 7) is 3.86. The van der Waals surface area contributed by atoms with Crippen LogP contribution < -0.4 is 5.73 Å². The zero-order valence-corrected chi connectivity index (χ0v) is 10.7. The van der Waals surface area contributed by atoms with Crippen LogP contribution in [0.2, 0.25) is 0 Å². The average molecular weight is 246 g/mol. The molecule has 1 aromatic rings. The van der Waals surface area contributed by atoms with Gasteiger partial charge in [0, 0.05) is 6.20 Å². The Morgan fingerprint density at radius 3 is 2.78 bits per heavy atom. The molecule has 0 aromatic carbocycles. The first kappa shape index (κ1) is 14.0. The van der Waals surface area contributed by atoms with Crippen LogP contribution in [0.4, 0.5) is 0 Å². The number of hydrogen-bond donors (Lipinski definition) is 2. The zero-order chi connectivity index (χ0) is 13.5. The van der Waals surface area contributed by atoms with Gasteiger partial charge < -0.3 is 10.8 Å². The summed E-state index contributed by atoms with van der Waals surface area (Å²) < 4.78 is 0. The summed E-state index contributed by atoms with van der Waals surface area (Å²) in [6.07, 6.45) is 10.6. The fourth-order valence-corrected chi connectivity index (χ4v) is 1.80. The van der Waals surface area contributed by atoms with Gasteiger partial charge in [0.15, 0.2) is 0 Å². The molecule has 1 heterocycles. The molecule has 0 aliphatic heterocycles. The minimum absolute atomic E-state index is 0.134. The minimum Gasteiger partial charge on any atom is -0.493 e. The zero-order valence-electron chi connectivity index (χ0n) is 10.7. The molecule has 0 saturated carbocycles. The quantitative estimate of drug-likeness (QED) is 0.781. The number of hydrogen-bond acceptors (Lipinski definition) is 3. The van der Waals surface area contributed by atoms with Crippen LogP contribution in [0.15, 0.2) is 30.5 Å². The number of aromatic hydroxyl groups is 1. The molecule has 18 heavy (non-hydrogen) atoms. The van der Waals surface area contributed by atoms with Crippen LogP contribution in [-0.2, 0) is 12.8 Å². The number of carbonyl (C=O) groups is 1. The van der Waals surface area contributed by atoms with E-state index in [9.17, 15) is 9.90 Å². The number of rotatable bonds is 5. The van der Waals surface area contributed by atoms with Crippen LogP contribution in [0.25, 0.3) is 0 Å². The first-order valence-electron chi connectivity index (χ1n) is 5.89. The average Bonchev–Trinajstić information content (AvgIpc) is 2.35. The minimum atomic E-state index is -0.642. The summed E-state index contributed by atoms with van der Waals surface area (Å²) in [5.41, 5.74) is 7.07. The molecule has 0 bridgehead atoms. The third-order valence-corrected chi connectivity index (χ3v) is 2.63. The lowest BCUT2D eigenvalue weighted by Crippen LogP contribution is -2.16. The maximum absolute atomic E-state index is 11.3. The van der Waals surface area contributed by atoms with E-state index >= 15 is 0 Å². The van der Waals surface area contributed by atoms with Crippen molar-refractivity contribution in [3.63, 3.8) is 0 Å². The summed E-state index contributed by atoms with van der Waals surface area (Å²) in [5.74, 6) is -0.934. The molecule has 0 saturated heterocycles. The normalized spacial score (nSPS) is 11.4. The third-order valence-electron chi connectivity index (χ3n) is 2.63. The number of allylic oxidation sites excluding steroid dienone is 4. The van der Waals surface area contributed by atoms with Crippen molar-refractivity contribution in [2.24, 2.45) is 5.73 Å². The van der Waals surface area contributed by atoms with E-state index in [0.29, 0.717) is 12.8 Å². The van der Waals surface area contributed by atoms with Gasteiger partial charge in [-0.15, -0.1) is 0 Å². The third kappa shape index (κ3) is 3.20. The van der Waals surface area contributed by atoms with E-state index in [1.54, 1.807) is 6.20 Å². The van der Waals surface area contributed by atoms with E-state index in [-0.39, 0.29) is 11.4 Å². The molecular weight excluding hydrogens is 228 g/mol. The number of carbonyl (C=O) groups excluding carboxylic acids is 1. The van der Waals surface area contributed by atoms with Crippen molar-refractivity contribution < 1.29 is 9.90 Å². The van der Waals surface area contributed by atoms with Crippen LogP contribution in [0, 0.1) is 0 Å². The predicted molar refractivity (Wildman–Crippen MR) is 71.5 cm³/mol. The van der Waals surface area contributed by atoms with Gasteiger partial charge in [-0.1, -0.05) is 31.2 Å². The maximum Gasteiger partial charge on any atom is 0.254 e. The smallest absolute Gasteiger partial charge is 0.254 e. The summed E-state index contributed by atoms with van der Waals surface area (Å²) in [7, 11) is 0. The number of pyridine rings is 1. The molecule has 0 unspecified atom stereocenters. The highest BCUT2D eigenvalue weighted by atomic mass is 16.3. The van der Waals surface area contributed by atoms with Crippen molar-refractivity contribution in [3.05, 3.63) is 47.2 Å². The van der Waals surface area contributed by atoms with Crippen molar-refractivity contribution in [2.45, 2.75) is 26.7 Å². The molecule has 1 aromatic heterocycles. The lowest BCUT2D eigenvalue weighted by Gasteiger charge is -2.10. The Balaban J connectivity index is 3.13. The molecule has 0 radical (unpaired) electrons. The number of amides is 1. The summed E-state index contributed by atoms with van der Waals surface area (Å²) in [4.78, 5) is 15.1.